The molecule has 0 atom stereocenters. The van der Waals surface area contributed by atoms with E-state index in [0.29, 0.717) is 16.9 Å². The molecule has 0 bridgehead atoms. The lowest BCUT2D eigenvalue weighted by Crippen LogP contribution is -2.07. The van der Waals surface area contributed by atoms with Crippen LogP contribution in [-0.2, 0) is 4.79 Å². The zero-order valence-corrected chi connectivity index (χ0v) is 12.2. The van der Waals surface area contributed by atoms with Crippen molar-refractivity contribution in [2.24, 2.45) is 5.73 Å². The van der Waals surface area contributed by atoms with Crippen molar-refractivity contribution in [3.63, 3.8) is 0 Å². The van der Waals surface area contributed by atoms with Crippen LogP contribution in [0.3, 0.4) is 0 Å². The number of nitrogens with two attached hydrogens (primary N) is 2. The molecule has 1 amide bonds. The van der Waals surface area contributed by atoms with Gasteiger partial charge in [-0.25, -0.2) is 4.98 Å². The first-order valence-electron chi connectivity index (χ1n) is 6.94. The summed E-state index contributed by atoms with van der Waals surface area (Å²) in [5, 5.41) is 7.95. The molecule has 1 aromatic carbocycles. The first-order valence-corrected chi connectivity index (χ1v) is 6.94. The molecular weight excluding hydrogens is 290 g/mol. The molecule has 0 fully saturated rings. The number of rotatable bonds is 4. The molecular formula is C17H15N5O. The van der Waals surface area contributed by atoms with Crippen molar-refractivity contribution < 1.29 is 4.79 Å². The number of carbonyl (C=O) groups is 1. The Hall–Kier alpha value is -3.41. The second kappa shape index (κ2) is 5.76. The minimum Gasteiger partial charge on any atom is -0.399 e. The molecule has 2 aromatic heterocycles. The number of hydrogen-bond acceptors (Lipinski definition) is 4. The lowest BCUT2D eigenvalue weighted by molar-refractivity contribution is -0.113. The highest BCUT2D eigenvalue weighted by Crippen LogP contribution is 2.23. The minimum absolute atomic E-state index is 0.194. The Kier molecular flexibility index (Phi) is 3.64. The monoisotopic (exact) mass is 305 g/mol. The highest BCUT2D eigenvalue weighted by molar-refractivity contribution is 6.09. The minimum atomic E-state index is -0.583. The van der Waals surface area contributed by atoms with E-state index in [0.717, 1.165) is 17.3 Å². The largest absolute Gasteiger partial charge is 0.399 e. The van der Waals surface area contributed by atoms with Crippen molar-refractivity contribution in [3.05, 3.63) is 66.5 Å². The fraction of sp³-hybridized carbons (Fsp3) is 0. The number of allylic oxidation sites excluding steroid dienone is 1. The molecule has 0 aliphatic carbocycles. The topological polar surface area (TPSA) is 110 Å². The molecule has 0 aliphatic heterocycles. The van der Waals surface area contributed by atoms with Gasteiger partial charge in [0.15, 0.2) is 0 Å². The van der Waals surface area contributed by atoms with Gasteiger partial charge in [0.1, 0.15) is 5.65 Å². The Morgan fingerprint density at radius 3 is 2.78 bits per heavy atom. The number of imidazole rings is 1. The van der Waals surface area contributed by atoms with E-state index in [4.69, 9.17) is 16.9 Å². The molecule has 0 spiro atoms. The zero-order valence-electron chi connectivity index (χ0n) is 12.2. The van der Waals surface area contributed by atoms with E-state index >= 15 is 0 Å². The summed E-state index contributed by atoms with van der Waals surface area (Å²) in [5.74, 6) is -0.583. The van der Waals surface area contributed by atoms with Crippen LogP contribution in [0.4, 0.5) is 5.69 Å². The molecule has 0 saturated heterocycles. The van der Waals surface area contributed by atoms with E-state index in [-0.39, 0.29) is 5.71 Å². The second-order valence-corrected chi connectivity index (χ2v) is 5.06. The Labute approximate surface area is 132 Å². The summed E-state index contributed by atoms with van der Waals surface area (Å²) in [4.78, 5) is 15.1. The standard InChI is InChI=1S/C17H15N5O/c18-13-3-1-2-12(8-13)15-10-21-17-9-11(6-7-22(15)17)14(19)4-5-16(20)23/h1-10,19H,18H2,(H2,20,23)/b5-4-,19-14?. The summed E-state index contributed by atoms with van der Waals surface area (Å²) >= 11 is 0. The van der Waals surface area contributed by atoms with Gasteiger partial charge in [0, 0.05) is 29.1 Å². The van der Waals surface area contributed by atoms with E-state index in [1.54, 1.807) is 18.3 Å². The third kappa shape index (κ3) is 2.96. The summed E-state index contributed by atoms with van der Waals surface area (Å²) < 4.78 is 1.92. The van der Waals surface area contributed by atoms with Crippen LogP contribution < -0.4 is 11.5 Å². The van der Waals surface area contributed by atoms with Crippen molar-refractivity contribution in [1.29, 1.82) is 5.41 Å². The van der Waals surface area contributed by atoms with Crippen molar-refractivity contribution in [1.82, 2.24) is 9.38 Å². The molecule has 23 heavy (non-hydrogen) atoms. The molecule has 0 aliphatic rings. The van der Waals surface area contributed by atoms with Gasteiger partial charge in [-0.1, -0.05) is 12.1 Å². The Morgan fingerprint density at radius 1 is 1.22 bits per heavy atom. The average molecular weight is 305 g/mol. The van der Waals surface area contributed by atoms with Gasteiger partial charge in [-0.2, -0.15) is 0 Å². The average Bonchev–Trinajstić information content (AvgIpc) is 2.95. The third-order valence-electron chi connectivity index (χ3n) is 3.42. The zero-order chi connectivity index (χ0) is 16.4. The predicted octanol–water partition coefficient (Wildman–Crippen LogP) is 1.99. The number of amides is 1. The van der Waals surface area contributed by atoms with Gasteiger partial charge in [-0.05, 0) is 30.3 Å². The summed E-state index contributed by atoms with van der Waals surface area (Å²) in [6, 6.07) is 11.1. The Balaban J connectivity index is 2.00. The first kappa shape index (κ1) is 14.5. The number of anilines is 1. The summed E-state index contributed by atoms with van der Waals surface area (Å²) in [6.07, 6.45) is 6.13. The fourth-order valence-electron chi connectivity index (χ4n) is 2.32. The van der Waals surface area contributed by atoms with Gasteiger partial charge in [0.05, 0.1) is 17.6 Å². The molecule has 5 N–H and O–H groups in total. The Morgan fingerprint density at radius 2 is 2.04 bits per heavy atom. The molecule has 0 radical (unpaired) electrons. The summed E-state index contributed by atoms with van der Waals surface area (Å²) in [6.45, 7) is 0. The van der Waals surface area contributed by atoms with Gasteiger partial charge in [-0.3, -0.25) is 9.20 Å². The molecule has 3 rings (SSSR count). The number of benzene rings is 1. The third-order valence-corrected chi connectivity index (χ3v) is 3.42. The molecule has 3 aromatic rings. The maximum absolute atomic E-state index is 10.7. The van der Waals surface area contributed by atoms with Crippen LogP contribution in [0, 0.1) is 5.41 Å². The summed E-state index contributed by atoms with van der Waals surface area (Å²) in [7, 11) is 0. The van der Waals surface area contributed by atoms with Crippen molar-refractivity contribution >= 4 is 23.0 Å². The molecule has 114 valence electrons. The van der Waals surface area contributed by atoms with Crippen LogP contribution in [0.1, 0.15) is 5.56 Å². The predicted molar refractivity (Wildman–Crippen MR) is 90.2 cm³/mol. The van der Waals surface area contributed by atoms with Crippen molar-refractivity contribution in [3.8, 4) is 11.3 Å². The Bertz CT molecular complexity index is 939. The molecule has 6 nitrogen and oxygen atoms in total. The van der Waals surface area contributed by atoms with E-state index in [9.17, 15) is 4.79 Å². The quantitative estimate of drug-likeness (QED) is 0.389. The maximum Gasteiger partial charge on any atom is 0.241 e. The van der Waals surface area contributed by atoms with Gasteiger partial charge in [0.2, 0.25) is 5.91 Å². The number of pyridine rings is 1. The first-order chi connectivity index (χ1) is 11.0. The lowest BCUT2D eigenvalue weighted by Gasteiger charge is -2.05. The molecule has 2 heterocycles. The number of nitrogen functional groups attached to an aromatic ring is 1. The van der Waals surface area contributed by atoms with Crippen LogP contribution in [0.25, 0.3) is 16.9 Å². The molecule has 0 saturated carbocycles. The van der Waals surface area contributed by atoms with Gasteiger partial charge in [0.25, 0.3) is 0 Å². The second-order valence-electron chi connectivity index (χ2n) is 5.06. The number of carbonyl (C=O) groups excluding carboxylic acids is 1. The normalized spacial score (nSPS) is 11.1. The highest BCUT2D eigenvalue weighted by atomic mass is 16.1. The number of nitrogens with one attached hydrogen (secondary N) is 1. The van der Waals surface area contributed by atoms with E-state index in [2.05, 4.69) is 4.98 Å². The van der Waals surface area contributed by atoms with Gasteiger partial charge in [-0.15, -0.1) is 0 Å². The fourth-order valence-corrected chi connectivity index (χ4v) is 2.32. The number of nitrogens with zero attached hydrogens (tertiary/aromatic N) is 2. The van der Waals surface area contributed by atoms with Gasteiger partial charge >= 0.3 is 0 Å². The number of fused-ring (bicyclic) bond motifs is 1. The SMILES string of the molecule is N=C(/C=C\C(N)=O)c1ccn2c(-c3cccc(N)c3)cnc2c1. The number of hydrogen-bond donors (Lipinski definition) is 3. The highest BCUT2D eigenvalue weighted by Gasteiger charge is 2.08. The molecule has 6 heteroatoms. The van der Waals surface area contributed by atoms with Gasteiger partial charge < -0.3 is 16.9 Å². The van der Waals surface area contributed by atoms with E-state index < -0.39 is 5.91 Å². The van der Waals surface area contributed by atoms with E-state index in [1.165, 1.54) is 6.08 Å². The van der Waals surface area contributed by atoms with Crippen LogP contribution in [-0.4, -0.2) is 21.0 Å². The van der Waals surface area contributed by atoms with Crippen LogP contribution in [0.2, 0.25) is 0 Å². The van der Waals surface area contributed by atoms with Crippen molar-refractivity contribution in [2.45, 2.75) is 0 Å². The molecule has 0 unspecified atom stereocenters. The number of aromatic nitrogens is 2. The van der Waals surface area contributed by atoms with Crippen LogP contribution in [0.5, 0.6) is 0 Å². The maximum atomic E-state index is 10.7. The smallest absolute Gasteiger partial charge is 0.241 e. The van der Waals surface area contributed by atoms with Crippen LogP contribution in [0.15, 0.2) is 60.9 Å². The number of primary amides is 1. The van der Waals surface area contributed by atoms with E-state index in [1.807, 2.05) is 34.9 Å². The van der Waals surface area contributed by atoms with Crippen molar-refractivity contribution in [2.75, 3.05) is 5.73 Å². The lowest BCUT2D eigenvalue weighted by atomic mass is 10.1. The van der Waals surface area contributed by atoms with Crippen LogP contribution >= 0.6 is 0 Å². The summed E-state index contributed by atoms with van der Waals surface area (Å²) in [5.41, 5.74) is 15.0.